The summed E-state index contributed by atoms with van der Waals surface area (Å²) in [5, 5.41) is 0. The van der Waals surface area contributed by atoms with Crippen molar-refractivity contribution < 1.29 is 4.74 Å². The van der Waals surface area contributed by atoms with Gasteiger partial charge in [-0.05, 0) is 24.6 Å². The topological polar surface area (TPSA) is 76.8 Å². The van der Waals surface area contributed by atoms with Gasteiger partial charge in [0.1, 0.15) is 11.6 Å². The van der Waals surface area contributed by atoms with Gasteiger partial charge in [0.2, 0.25) is 0 Å². The first-order chi connectivity index (χ1) is 9.81. The number of hydrogen-bond donors (Lipinski definition) is 2. The molecule has 0 saturated heterocycles. The van der Waals surface area contributed by atoms with Crippen molar-refractivity contribution in [3.63, 3.8) is 0 Å². The Morgan fingerprint density at radius 1 is 1.20 bits per heavy atom. The highest BCUT2D eigenvalue weighted by molar-refractivity contribution is 5.73. The molecule has 0 saturated carbocycles. The standard InChI is InChI=1S/C15H16N4O/c16-11-9-13-15(17-10-11)19-14(18-13)7-4-8-20-12-5-2-1-3-6-12/h1-3,5-6,9-10H,4,7-8,16H2,(H,17,18,19). The fraction of sp³-hybridized carbons (Fsp3) is 0.200. The Hall–Kier alpha value is -2.56. The summed E-state index contributed by atoms with van der Waals surface area (Å²) in [7, 11) is 0. The van der Waals surface area contributed by atoms with Crippen molar-refractivity contribution in [3.8, 4) is 5.75 Å². The number of pyridine rings is 1. The predicted molar refractivity (Wildman–Crippen MR) is 78.6 cm³/mol. The van der Waals surface area contributed by atoms with Crippen LogP contribution in [0.25, 0.3) is 11.2 Å². The molecule has 3 N–H and O–H groups in total. The van der Waals surface area contributed by atoms with E-state index in [0.717, 1.165) is 29.9 Å². The molecule has 3 aromatic rings. The largest absolute Gasteiger partial charge is 0.494 e. The number of ether oxygens (including phenoxy) is 1. The van der Waals surface area contributed by atoms with Gasteiger partial charge in [-0.1, -0.05) is 18.2 Å². The Morgan fingerprint density at radius 3 is 2.90 bits per heavy atom. The first-order valence-corrected chi connectivity index (χ1v) is 6.59. The number of hydrogen-bond acceptors (Lipinski definition) is 4. The van der Waals surface area contributed by atoms with Gasteiger partial charge in [0.05, 0.1) is 24.0 Å². The molecule has 0 aliphatic carbocycles. The van der Waals surface area contributed by atoms with Gasteiger partial charge in [-0.15, -0.1) is 0 Å². The van der Waals surface area contributed by atoms with Crippen molar-refractivity contribution >= 4 is 16.9 Å². The van der Waals surface area contributed by atoms with E-state index in [-0.39, 0.29) is 0 Å². The van der Waals surface area contributed by atoms with E-state index in [2.05, 4.69) is 15.0 Å². The van der Waals surface area contributed by atoms with Gasteiger partial charge in [0.15, 0.2) is 5.65 Å². The number of para-hydroxylation sites is 1. The van der Waals surface area contributed by atoms with Crippen LogP contribution in [-0.4, -0.2) is 21.6 Å². The van der Waals surface area contributed by atoms with Gasteiger partial charge in [-0.25, -0.2) is 9.97 Å². The molecule has 0 atom stereocenters. The average molecular weight is 268 g/mol. The number of benzene rings is 1. The molecule has 0 aliphatic rings. The number of nitrogens with zero attached hydrogens (tertiary/aromatic N) is 2. The van der Waals surface area contributed by atoms with E-state index in [1.165, 1.54) is 0 Å². The second kappa shape index (κ2) is 5.61. The van der Waals surface area contributed by atoms with E-state index >= 15 is 0 Å². The summed E-state index contributed by atoms with van der Waals surface area (Å²) in [4.78, 5) is 11.8. The van der Waals surface area contributed by atoms with Crippen LogP contribution in [0, 0.1) is 0 Å². The molecule has 0 aliphatic heterocycles. The van der Waals surface area contributed by atoms with E-state index in [1.807, 2.05) is 36.4 Å². The van der Waals surface area contributed by atoms with Crippen LogP contribution in [0.5, 0.6) is 5.75 Å². The van der Waals surface area contributed by atoms with E-state index in [1.54, 1.807) is 6.20 Å². The quantitative estimate of drug-likeness (QED) is 0.697. The van der Waals surface area contributed by atoms with E-state index in [9.17, 15) is 0 Å². The molecular formula is C15H16N4O. The summed E-state index contributed by atoms with van der Waals surface area (Å²) in [6.45, 7) is 0.663. The van der Waals surface area contributed by atoms with Crippen LogP contribution in [0.4, 0.5) is 5.69 Å². The third kappa shape index (κ3) is 2.88. The summed E-state index contributed by atoms with van der Waals surface area (Å²) in [6.07, 6.45) is 3.33. The first kappa shape index (κ1) is 12.5. The third-order valence-corrected chi connectivity index (χ3v) is 2.98. The van der Waals surface area contributed by atoms with Crippen LogP contribution < -0.4 is 10.5 Å². The molecule has 0 spiro atoms. The van der Waals surface area contributed by atoms with Crippen molar-refractivity contribution in [2.45, 2.75) is 12.8 Å². The Morgan fingerprint density at radius 2 is 2.05 bits per heavy atom. The molecule has 20 heavy (non-hydrogen) atoms. The molecule has 0 amide bonds. The summed E-state index contributed by atoms with van der Waals surface area (Å²) >= 11 is 0. The fourth-order valence-corrected chi connectivity index (χ4v) is 2.03. The van der Waals surface area contributed by atoms with Crippen molar-refractivity contribution in [1.82, 2.24) is 15.0 Å². The lowest BCUT2D eigenvalue weighted by atomic mass is 10.3. The van der Waals surface area contributed by atoms with Crippen LogP contribution in [0.1, 0.15) is 12.2 Å². The molecule has 0 radical (unpaired) electrons. The van der Waals surface area contributed by atoms with Crippen LogP contribution in [0.3, 0.4) is 0 Å². The lowest BCUT2D eigenvalue weighted by molar-refractivity contribution is 0.310. The van der Waals surface area contributed by atoms with Gasteiger partial charge < -0.3 is 15.5 Å². The maximum atomic E-state index is 5.69. The number of anilines is 1. The van der Waals surface area contributed by atoms with Crippen molar-refractivity contribution in [2.24, 2.45) is 0 Å². The van der Waals surface area contributed by atoms with Gasteiger partial charge in [0.25, 0.3) is 0 Å². The number of imidazole rings is 1. The number of rotatable bonds is 5. The number of nitrogens with two attached hydrogens (primary N) is 1. The smallest absolute Gasteiger partial charge is 0.177 e. The number of aromatic nitrogens is 3. The van der Waals surface area contributed by atoms with Crippen molar-refractivity contribution in [3.05, 3.63) is 48.4 Å². The van der Waals surface area contributed by atoms with Gasteiger partial charge in [0, 0.05) is 6.42 Å². The molecule has 102 valence electrons. The van der Waals surface area contributed by atoms with E-state index < -0.39 is 0 Å². The summed E-state index contributed by atoms with van der Waals surface area (Å²) in [5.41, 5.74) is 7.91. The number of H-pyrrole nitrogens is 1. The molecule has 0 fully saturated rings. The summed E-state index contributed by atoms with van der Waals surface area (Å²) < 4.78 is 5.64. The summed E-state index contributed by atoms with van der Waals surface area (Å²) in [6, 6.07) is 11.6. The maximum absolute atomic E-state index is 5.69. The molecule has 0 bridgehead atoms. The van der Waals surface area contributed by atoms with Crippen LogP contribution in [0.15, 0.2) is 42.6 Å². The zero-order chi connectivity index (χ0) is 13.8. The molecule has 2 aromatic heterocycles. The number of aromatic amines is 1. The molecule has 5 heteroatoms. The molecular weight excluding hydrogens is 252 g/mol. The highest BCUT2D eigenvalue weighted by Crippen LogP contribution is 2.13. The Labute approximate surface area is 116 Å². The van der Waals surface area contributed by atoms with Gasteiger partial charge in [-0.3, -0.25) is 0 Å². The first-order valence-electron chi connectivity index (χ1n) is 6.59. The van der Waals surface area contributed by atoms with Crippen molar-refractivity contribution in [1.29, 1.82) is 0 Å². The zero-order valence-corrected chi connectivity index (χ0v) is 11.0. The van der Waals surface area contributed by atoms with Crippen LogP contribution in [-0.2, 0) is 6.42 Å². The third-order valence-electron chi connectivity index (χ3n) is 2.98. The average Bonchev–Trinajstić information content (AvgIpc) is 2.86. The van der Waals surface area contributed by atoms with Crippen molar-refractivity contribution in [2.75, 3.05) is 12.3 Å². The second-order valence-corrected chi connectivity index (χ2v) is 4.59. The minimum atomic E-state index is 0.639. The predicted octanol–water partition coefficient (Wildman–Crippen LogP) is 2.55. The van der Waals surface area contributed by atoms with Gasteiger partial charge in [-0.2, -0.15) is 0 Å². The maximum Gasteiger partial charge on any atom is 0.177 e. The van der Waals surface area contributed by atoms with Gasteiger partial charge >= 0.3 is 0 Å². The lowest BCUT2D eigenvalue weighted by Gasteiger charge is -2.04. The second-order valence-electron chi connectivity index (χ2n) is 4.59. The SMILES string of the molecule is Nc1cnc2nc(CCCOc3ccccc3)[nH]c2c1. The minimum absolute atomic E-state index is 0.639. The van der Waals surface area contributed by atoms with E-state index in [0.29, 0.717) is 17.9 Å². The minimum Gasteiger partial charge on any atom is -0.494 e. The lowest BCUT2D eigenvalue weighted by Crippen LogP contribution is -2.00. The Bertz CT molecular complexity index is 693. The molecule has 0 unspecified atom stereocenters. The Kier molecular flexibility index (Phi) is 3.50. The monoisotopic (exact) mass is 268 g/mol. The van der Waals surface area contributed by atoms with Crippen LogP contribution in [0.2, 0.25) is 0 Å². The normalized spacial score (nSPS) is 10.8. The highest BCUT2D eigenvalue weighted by atomic mass is 16.5. The van der Waals surface area contributed by atoms with Crippen LogP contribution >= 0.6 is 0 Å². The zero-order valence-electron chi connectivity index (χ0n) is 11.0. The number of nitrogen functional groups attached to an aromatic ring is 1. The molecule has 1 aromatic carbocycles. The highest BCUT2D eigenvalue weighted by Gasteiger charge is 2.04. The fourth-order valence-electron chi connectivity index (χ4n) is 2.03. The number of nitrogens with one attached hydrogen (secondary N) is 1. The Balaban J connectivity index is 1.55. The number of fused-ring (bicyclic) bond motifs is 1. The molecule has 5 nitrogen and oxygen atoms in total. The molecule has 2 heterocycles. The molecule has 3 rings (SSSR count). The summed E-state index contributed by atoms with van der Waals surface area (Å²) in [5.74, 6) is 1.81. The number of aryl methyl sites for hydroxylation is 1. The van der Waals surface area contributed by atoms with E-state index in [4.69, 9.17) is 10.5 Å².